The molecule has 0 aliphatic carbocycles. The summed E-state index contributed by atoms with van der Waals surface area (Å²) in [6, 6.07) is 2.64. The molecule has 0 rings (SSSR count). The molecule has 0 saturated heterocycles. The van der Waals surface area contributed by atoms with Crippen LogP contribution in [0.4, 0.5) is 0 Å². The number of hydrogen-bond acceptors (Lipinski definition) is 4. The summed E-state index contributed by atoms with van der Waals surface area (Å²) < 4.78 is 15.0. The molecule has 0 fully saturated rings. The lowest BCUT2D eigenvalue weighted by atomic mass is 10.5. The number of ether oxygens (including phenoxy) is 3. The van der Waals surface area contributed by atoms with Gasteiger partial charge in [-0.15, -0.1) is 0 Å². The van der Waals surface area contributed by atoms with Crippen LogP contribution in [0.5, 0.6) is 0 Å². The molecule has 0 aromatic heterocycles. The second-order valence-electron chi connectivity index (χ2n) is 3.65. The third kappa shape index (κ3) is 26.1. The molecule has 0 unspecified atom stereocenters. The Labute approximate surface area is 112 Å². The number of aliphatic hydroxyl groups is 1. The Morgan fingerprint density at radius 2 is 1.35 bits per heavy atom. The van der Waals surface area contributed by atoms with E-state index in [1.54, 1.807) is 7.11 Å². The van der Waals surface area contributed by atoms with Crippen molar-refractivity contribution < 1.29 is 19.3 Å². The Bertz CT molecular complexity index is 106. The van der Waals surface area contributed by atoms with E-state index in [-0.39, 0.29) is 6.61 Å². The smallest absolute Gasteiger partial charge is 0.0700 e. The molecule has 0 bridgehead atoms. The van der Waals surface area contributed by atoms with Gasteiger partial charge in [0.1, 0.15) is 0 Å². The predicted octanol–water partition coefficient (Wildman–Crippen LogP) is -1.01. The van der Waals surface area contributed by atoms with Crippen LogP contribution in [0.2, 0.25) is 12.1 Å². The molecule has 0 heterocycles. The molecule has 0 aliphatic heterocycles. The van der Waals surface area contributed by atoms with Gasteiger partial charge < -0.3 is 19.3 Å². The highest BCUT2D eigenvalue weighted by atomic mass is 28.1. The summed E-state index contributed by atoms with van der Waals surface area (Å²) in [5.41, 5.74) is 0. The maximum atomic E-state index is 8.25. The molecule has 4 nitrogen and oxygen atoms in total. The summed E-state index contributed by atoms with van der Waals surface area (Å²) in [5.74, 6) is 0. The highest BCUT2D eigenvalue weighted by molar-refractivity contribution is 6.08. The second-order valence-corrected chi connectivity index (χ2v) is 5.65. The molecule has 6 heteroatoms. The van der Waals surface area contributed by atoms with Gasteiger partial charge in [-0.3, -0.25) is 0 Å². The fourth-order valence-corrected chi connectivity index (χ4v) is 1.48. The van der Waals surface area contributed by atoms with Crippen LogP contribution < -0.4 is 0 Å². The van der Waals surface area contributed by atoms with Crippen LogP contribution in [-0.2, 0) is 14.2 Å². The van der Waals surface area contributed by atoms with Crippen LogP contribution in [0, 0.1) is 0 Å². The van der Waals surface area contributed by atoms with Gasteiger partial charge in [-0.2, -0.15) is 0 Å². The molecule has 106 valence electrons. The zero-order valence-electron chi connectivity index (χ0n) is 11.7. The molecular weight excluding hydrogens is 252 g/mol. The summed E-state index contributed by atoms with van der Waals surface area (Å²) in [6.07, 6.45) is 2.38. The zero-order valence-corrected chi connectivity index (χ0v) is 15.7. The third-order valence-electron chi connectivity index (χ3n) is 1.95. The molecule has 0 spiro atoms. The van der Waals surface area contributed by atoms with Gasteiger partial charge in [-0.25, -0.2) is 0 Å². The van der Waals surface area contributed by atoms with Gasteiger partial charge in [0.05, 0.1) is 26.4 Å². The van der Waals surface area contributed by atoms with Crippen molar-refractivity contribution in [3.8, 4) is 0 Å². The van der Waals surface area contributed by atoms with Gasteiger partial charge >= 0.3 is 0 Å². The third-order valence-corrected chi connectivity index (χ3v) is 3.37. The Hall–Kier alpha value is 0.274. The number of rotatable bonds is 11. The Balaban J connectivity index is 0. The first-order valence-electron chi connectivity index (χ1n) is 6.58. The van der Waals surface area contributed by atoms with Crippen LogP contribution in [-0.4, -0.2) is 72.3 Å². The van der Waals surface area contributed by atoms with E-state index in [1.165, 1.54) is 39.0 Å². The van der Waals surface area contributed by atoms with E-state index < -0.39 is 0 Å². The van der Waals surface area contributed by atoms with E-state index >= 15 is 0 Å². The summed E-state index contributed by atoms with van der Waals surface area (Å²) in [5, 5.41) is 8.25. The highest BCUT2D eigenvalue weighted by Gasteiger charge is 1.84. The lowest BCUT2D eigenvalue weighted by Crippen LogP contribution is -2.02. The van der Waals surface area contributed by atoms with Gasteiger partial charge in [0.15, 0.2) is 0 Å². The molecule has 17 heavy (non-hydrogen) atoms. The average Bonchev–Trinajstić information content (AvgIpc) is 2.36. The summed E-state index contributed by atoms with van der Waals surface area (Å²) in [7, 11) is 4.25. The van der Waals surface area contributed by atoms with E-state index in [4.69, 9.17) is 19.3 Å². The standard InChI is InChI=1S/C6H16O2Si.C5H14O2Si/c1-7-4-5-8-3-2-6-9;6-2-4-7-3-1-5-8/h2-6H2,1,9H3;6H,1-5H2,8H3. The fraction of sp³-hybridized carbons (Fsp3) is 1.00. The lowest BCUT2D eigenvalue weighted by Gasteiger charge is -2.00. The molecule has 0 aromatic rings. The van der Waals surface area contributed by atoms with E-state index in [0.29, 0.717) is 6.61 Å². The van der Waals surface area contributed by atoms with Crippen molar-refractivity contribution in [2.75, 3.05) is 46.8 Å². The van der Waals surface area contributed by atoms with Crippen molar-refractivity contribution in [3.05, 3.63) is 0 Å². The van der Waals surface area contributed by atoms with E-state index in [9.17, 15) is 0 Å². The van der Waals surface area contributed by atoms with Crippen LogP contribution >= 0.6 is 0 Å². The first-order valence-corrected chi connectivity index (χ1v) is 9.41. The van der Waals surface area contributed by atoms with Crippen molar-refractivity contribution >= 4 is 20.5 Å². The van der Waals surface area contributed by atoms with Gasteiger partial charge in [-0.1, -0.05) is 12.1 Å². The van der Waals surface area contributed by atoms with E-state index in [0.717, 1.165) is 32.8 Å². The first-order chi connectivity index (χ1) is 8.33. The number of aliphatic hydroxyl groups excluding tert-OH is 1. The number of methoxy groups -OCH3 is 1. The fourth-order valence-electron chi connectivity index (χ4n) is 0.904. The Kier molecular flexibility index (Phi) is 24.9. The lowest BCUT2D eigenvalue weighted by molar-refractivity contribution is 0.0710. The van der Waals surface area contributed by atoms with Gasteiger partial charge in [0, 0.05) is 40.8 Å². The minimum absolute atomic E-state index is 0.154. The molecule has 1 N–H and O–H groups in total. The van der Waals surface area contributed by atoms with Gasteiger partial charge in [-0.05, 0) is 12.8 Å². The Morgan fingerprint density at radius 3 is 1.76 bits per heavy atom. The molecule has 0 amide bonds. The predicted molar refractivity (Wildman–Crippen MR) is 79.3 cm³/mol. The van der Waals surface area contributed by atoms with Crippen molar-refractivity contribution in [2.24, 2.45) is 0 Å². The minimum atomic E-state index is 0.154. The maximum absolute atomic E-state index is 8.25. The zero-order chi connectivity index (χ0) is 13.2. The first kappa shape index (κ1) is 19.6. The van der Waals surface area contributed by atoms with Crippen LogP contribution in [0.25, 0.3) is 0 Å². The summed E-state index contributed by atoms with van der Waals surface area (Å²) >= 11 is 0. The Morgan fingerprint density at radius 1 is 0.824 bits per heavy atom. The highest BCUT2D eigenvalue weighted by Crippen LogP contribution is 1.85. The average molecular weight is 283 g/mol. The van der Waals surface area contributed by atoms with E-state index in [1.807, 2.05) is 0 Å². The molecule has 0 aliphatic rings. The minimum Gasteiger partial charge on any atom is -0.394 e. The van der Waals surface area contributed by atoms with E-state index in [2.05, 4.69) is 0 Å². The number of hydrogen-bond donors (Lipinski definition) is 1. The van der Waals surface area contributed by atoms with Crippen molar-refractivity contribution in [2.45, 2.75) is 24.9 Å². The van der Waals surface area contributed by atoms with Gasteiger partial charge in [0.25, 0.3) is 0 Å². The molecule has 0 radical (unpaired) electrons. The normalized spacial score (nSPS) is 10.2. The topological polar surface area (TPSA) is 47.9 Å². The van der Waals surface area contributed by atoms with Crippen molar-refractivity contribution in [1.29, 1.82) is 0 Å². The summed E-state index contributed by atoms with van der Waals surface area (Å²) in [6.45, 7) is 3.86. The molecular formula is C11H30O4Si2. The largest absolute Gasteiger partial charge is 0.394 e. The van der Waals surface area contributed by atoms with Crippen LogP contribution in [0.3, 0.4) is 0 Å². The summed E-state index contributed by atoms with van der Waals surface area (Å²) in [4.78, 5) is 0. The quantitative estimate of drug-likeness (QED) is 0.390. The molecule has 0 atom stereocenters. The van der Waals surface area contributed by atoms with Crippen LogP contribution in [0.1, 0.15) is 12.8 Å². The van der Waals surface area contributed by atoms with Gasteiger partial charge in [0.2, 0.25) is 0 Å². The maximum Gasteiger partial charge on any atom is 0.0700 e. The SMILES string of the molecule is COCCOCCC[SiH3].OCCOCCC[SiH3]. The second kappa shape index (κ2) is 21.5. The van der Waals surface area contributed by atoms with Crippen LogP contribution in [0.15, 0.2) is 0 Å². The molecule has 0 saturated carbocycles. The molecule has 0 aromatic carbocycles. The van der Waals surface area contributed by atoms with Crippen molar-refractivity contribution in [1.82, 2.24) is 0 Å². The van der Waals surface area contributed by atoms with Crippen molar-refractivity contribution in [3.63, 3.8) is 0 Å². The monoisotopic (exact) mass is 282 g/mol.